The number of phenolic OH excluding ortho intramolecular Hbond substituents is 1. The van der Waals surface area contributed by atoms with Gasteiger partial charge in [0, 0.05) is 11.6 Å². The van der Waals surface area contributed by atoms with Crippen molar-refractivity contribution in [3.05, 3.63) is 28.0 Å². The third-order valence-electron chi connectivity index (χ3n) is 3.11. The Kier molecular flexibility index (Phi) is 2.98. The molecule has 4 heteroatoms. The number of benzene rings is 1. The monoisotopic (exact) mass is 273 g/mol. The van der Waals surface area contributed by atoms with Crippen LogP contribution in [0.25, 0.3) is 0 Å². The molecule has 0 spiro atoms. The van der Waals surface area contributed by atoms with Gasteiger partial charge >= 0.3 is 0 Å². The van der Waals surface area contributed by atoms with E-state index in [0.29, 0.717) is 10.4 Å². The predicted octanol–water partition coefficient (Wildman–Crippen LogP) is 3.09. The van der Waals surface area contributed by atoms with Crippen LogP contribution in [0.4, 0.5) is 4.39 Å². The number of rotatable bonds is 2. The largest absolute Gasteiger partial charge is 0.506 e. The summed E-state index contributed by atoms with van der Waals surface area (Å²) < 4.78 is 14.0. The Hall–Kier alpha value is -0.610. The zero-order chi connectivity index (χ0) is 11.0. The maximum atomic E-state index is 13.5. The fraction of sp³-hybridized carbons (Fsp3) is 0.455. The van der Waals surface area contributed by atoms with Gasteiger partial charge in [-0.3, -0.25) is 0 Å². The van der Waals surface area contributed by atoms with Gasteiger partial charge in [-0.15, -0.1) is 0 Å². The number of nitrogens with two attached hydrogens (primary N) is 1. The molecule has 2 nitrogen and oxygen atoms in total. The first-order valence-electron chi connectivity index (χ1n) is 5.03. The van der Waals surface area contributed by atoms with Crippen molar-refractivity contribution in [3.8, 4) is 5.75 Å². The second-order valence-electron chi connectivity index (χ2n) is 4.01. The summed E-state index contributed by atoms with van der Waals surface area (Å²) in [7, 11) is 0. The second-order valence-corrected chi connectivity index (χ2v) is 4.86. The first-order valence-corrected chi connectivity index (χ1v) is 5.83. The van der Waals surface area contributed by atoms with Crippen molar-refractivity contribution in [1.29, 1.82) is 0 Å². The fourth-order valence-electron chi connectivity index (χ4n) is 1.91. The van der Waals surface area contributed by atoms with Crippen molar-refractivity contribution in [2.45, 2.75) is 25.3 Å². The third kappa shape index (κ3) is 1.88. The average molecular weight is 274 g/mol. The van der Waals surface area contributed by atoms with Gasteiger partial charge in [0.05, 0.1) is 4.47 Å². The molecule has 0 unspecified atom stereocenters. The van der Waals surface area contributed by atoms with Crippen molar-refractivity contribution in [3.63, 3.8) is 0 Å². The van der Waals surface area contributed by atoms with Crippen molar-refractivity contribution < 1.29 is 9.50 Å². The molecule has 0 heterocycles. The van der Waals surface area contributed by atoms with Crippen LogP contribution < -0.4 is 5.73 Å². The minimum Gasteiger partial charge on any atom is -0.506 e. The Morgan fingerprint density at radius 2 is 2.13 bits per heavy atom. The molecule has 82 valence electrons. The Morgan fingerprint density at radius 3 is 2.67 bits per heavy atom. The predicted molar refractivity (Wildman–Crippen MR) is 60.0 cm³/mol. The Labute approximate surface area is 96.4 Å². The van der Waals surface area contributed by atoms with Crippen molar-refractivity contribution in [1.82, 2.24) is 0 Å². The lowest BCUT2D eigenvalue weighted by Gasteiger charge is -2.32. The SMILES string of the molecule is N[C@@H](c1c(F)ccc(Br)c1O)C1CCC1. The zero-order valence-corrected chi connectivity index (χ0v) is 9.80. The molecule has 1 fully saturated rings. The van der Waals surface area contributed by atoms with Crippen LogP contribution >= 0.6 is 15.9 Å². The summed E-state index contributed by atoms with van der Waals surface area (Å²) in [6, 6.07) is 2.43. The second kappa shape index (κ2) is 4.10. The molecular weight excluding hydrogens is 261 g/mol. The Morgan fingerprint density at radius 1 is 1.47 bits per heavy atom. The molecule has 1 aliphatic rings. The van der Waals surface area contributed by atoms with Crippen molar-refractivity contribution >= 4 is 15.9 Å². The zero-order valence-electron chi connectivity index (χ0n) is 8.21. The van der Waals surface area contributed by atoms with E-state index in [0.717, 1.165) is 19.3 Å². The average Bonchev–Trinajstić information content (AvgIpc) is 2.09. The highest BCUT2D eigenvalue weighted by atomic mass is 79.9. The van der Waals surface area contributed by atoms with Crippen LogP contribution in [0.1, 0.15) is 30.9 Å². The summed E-state index contributed by atoms with van der Waals surface area (Å²) in [6.07, 6.45) is 3.19. The van der Waals surface area contributed by atoms with Crippen LogP contribution in [0.5, 0.6) is 5.75 Å². The standard InChI is InChI=1S/C11H13BrFNO/c12-7-4-5-8(13)9(11(7)15)10(14)6-2-1-3-6/h4-6,10,15H,1-3,14H2/t10-/m1/s1. The molecule has 0 saturated heterocycles. The molecule has 0 aliphatic heterocycles. The molecule has 1 aliphatic carbocycles. The van der Waals surface area contributed by atoms with Crippen molar-refractivity contribution in [2.24, 2.45) is 11.7 Å². The molecule has 0 aromatic heterocycles. The van der Waals surface area contributed by atoms with E-state index in [1.807, 2.05) is 0 Å². The van der Waals surface area contributed by atoms with Gasteiger partial charge in [-0.1, -0.05) is 6.42 Å². The normalized spacial score (nSPS) is 18.6. The van der Waals surface area contributed by atoms with Crippen molar-refractivity contribution in [2.75, 3.05) is 0 Å². The van der Waals surface area contributed by atoms with Gasteiger partial charge < -0.3 is 10.8 Å². The summed E-state index contributed by atoms with van der Waals surface area (Å²) in [4.78, 5) is 0. The molecular formula is C11H13BrFNO. The molecule has 2 rings (SSSR count). The maximum Gasteiger partial charge on any atom is 0.137 e. The summed E-state index contributed by atoms with van der Waals surface area (Å²) in [5.41, 5.74) is 6.19. The van der Waals surface area contributed by atoms with E-state index in [1.54, 1.807) is 0 Å². The maximum absolute atomic E-state index is 13.5. The van der Waals surface area contributed by atoms with E-state index in [4.69, 9.17) is 5.73 Å². The van der Waals surface area contributed by atoms with E-state index < -0.39 is 11.9 Å². The summed E-state index contributed by atoms with van der Waals surface area (Å²) in [6.45, 7) is 0. The van der Waals surface area contributed by atoms with Crippen LogP contribution in [0.15, 0.2) is 16.6 Å². The van der Waals surface area contributed by atoms with E-state index >= 15 is 0 Å². The van der Waals surface area contributed by atoms with Crippen LogP contribution in [0, 0.1) is 11.7 Å². The lowest BCUT2D eigenvalue weighted by atomic mass is 9.77. The minimum atomic E-state index is -0.421. The lowest BCUT2D eigenvalue weighted by molar-refractivity contribution is 0.256. The van der Waals surface area contributed by atoms with E-state index in [1.165, 1.54) is 12.1 Å². The van der Waals surface area contributed by atoms with Crippen LogP contribution in [-0.2, 0) is 0 Å². The quantitative estimate of drug-likeness (QED) is 0.870. The van der Waals surface area contributed by atoms with E-state index in [2.05, 4.69) is 15.9 Å². The molecule has 15 heavy (non-hydrogen) atoms. The minimum absolute atomic E-state index is 0.0607. The number of halogens is 2. The molecule has 1 atom stereocenters. The summed E-state index contributed by atoms with van der Waals surface area (Å²) in [5, 5.41) is 9.75. The van der Waals surface area contributed by atoms with Gasteiger partial charge in [-0.2, -0.15) is 0 Å². The molecule has 0 amide bonds. The summed E-state index contributed by atoms with van der Waals surface area (Å²) in [5.74, 6) is -0.177. The molecule has 1 aromatic rings. The van der Waals surface area contributed by atoms with E-state index in [-0.39, 0.29) is 11.3 Å². The fourth-order valence-corrected chi connectivity index (χ4v) is 2.25. The molecule has 3 N–H and O–H groups in total. The van der Waals surface area contributed by atoms with Gasteiger partial charge in [0.2, 0.25) is 0 Å². The Bertz CT molecular complexity index is 379. The number of aromatic hydroxyl groups is 1. The molecule has 1 saturated carbocycles. The topological polar surface area (TPSA) is 46.2 Å². The highest BCUT2D eigenvalue weighted by Crippen LogP contribution is 2.42. The summed E-state index contributed by atoms with van der Waals surface area (Å²) >= 11 is 3.17. The highest BCUT2D eigenvalue weighted by Gasteiger charge is 2.29. The van der Waals surface area contributed by atoms with Crippen LogP contribution in [-0.4, -0.2) is 5.11 Å². The van der Waals surface area contributed by atoms with E-state index in [9.17, 15) is 9.50 Å². The lowest BCUT2D eigenvalue weighted by Crippen LogP contribution is -2.27. The van der Waals surface area contributed by atoms with Gasteiger partial charge in [-0.05, 0) is 46.8 Å². The van der Waals surface area contributed by atoms with Gasteiger partial charge in [0.25, 0.3) is 0 Å². The molecule has 1 aromatic carbocycles. The Balaban J connectivity index is 2.36. The first kappa shape index (κ1) is 10.9. The molecule has 0 bridgehead atoms. The first-order chi connectivity index (χ1) is 7.11. The van der Waals surface area contributed by atoms with Crippen LogP contribution in [0.3, 0.4) is 0 Å². The van der Waals surface area contributed by atoms with Gasteiger partial charge in [0.1, 0.15) is 11.6 Å². The van der Waals surface area contributed by atoms with Gasteiger partial charge in [-0.25, -0.2) is 4.39 Å². The smallest absolute Gasteiger partial charge is 0.137 e. The number of hydrogen-bond donors (Lipinski definition) is 2. The third-order valence-corrected chi connectivity index (χ3v) is 3.75. The number of phenols is 1. The molecule has 0 radical (unpaired) electrons. The van der Waals surface area contributed by atoms with Gasteiger partial charge in [0.15, 0.2) is 0 Å². The highest BCUT2D eigenvalue weighted by molar-refractivity contribution is 9.10. The number of hydrogen-bond acceptors (Lipinski definition) is 2. The van der Waals surface area contributed by atoms with Crippen LogP contribution in [0.2, 0.25) is 0 Å².